The molecule has 0 spiro atoms. The zero-order valence-electron chi connectivity index (χ0n) is 8.08. The van der Waals surface area contributed by atoms with Crippen LogP contribution in [0.3, 0.4) is 0 Å². The third-order valence-corrected chi connectivity index (χ3v) is 4.59. The van der Waals surface area contributed by atoms with Crippen molar-refractivity contribution < 1.29 is 4.39 Å². The van der Waals surface area contributed by atoms with Crippen molar-refractivity contribution in [2.45, 2.75) is 6.04 Å². The number of hydrogen-bond acceptors (Lipinski definition) is 2. The van der Waals surface area contributed by atoms with Crippen LogP contribution in [0.1, 0.15) is 16.5 Å². The summed E-state index contributed by atoms with van der Waals surface area (Å²) in [7, 11) is 0. The van der Waals surface area contributed by atoms with E-state index in [1.54, 1.807) is 17.4 Å². The average molecular weight is 365 g/mol. The molecule has 0 aliphatic rings. The molecular formula is C11H8Br2FNS. The summed E-state index contributed by atoms with van der Waals surface area (Å²) in [6.07, 6.45) is 0. The molecule has 0 amide bonds. The summed E-state index contributed by atoms with van der Waals surface area (Å²) < 4.78 is 14.7. The zero-order chi connectivity index (χ0) is 11.7. The molecule has 0 bridgehead atoms. The number of benzene rings is 1. The Morgan fingerprint density at radius 3 is 2.50 bits per heavy atom. The van der Waals surface area contributed by atoms with Crippen LogP contribution in [0.4, 0.5) is 4.39 Å². The second-order valence-electron chi connectivity index (χ2n) is 3.29. The van der Waals surface area contributed by atoms with E-state index in [9.17, 15) is 4.39 Å². The molecule has 1 heterocycles. The lowest BCUT2D eigenvalue weighted by molar-refractivity contribution is 0.625. The molecule has 5 heteroatoms. The van der Waals surface area contributed by atoms with Crippen molar-refractivity contribution in [3.8, 4) is 0 Å². The molecule has 2 rings (SSSR count). The highest BCUT2D eigenvalue weighted by atomic mass is 79.9. The summed E-state index contributed by atoms with van der Waals surface area (Å²) in [6.45, 7) is 0. The van der Waals surface area contributed by atoms with Gasteiger partial charge in [0.2, 0.25) is 0 Å². The van der Waals surface area contributed by atoms with Crippen LogP contribution in [0.5, 0.6) is 0 Å². The first-order valence-electron chi connectivity index (χ1n) is 4.53. The highest BCUT2D eigenvalue weighted by molar-refractivity contribution is 9.11. The zero-order valence-corrected chi connectivity index (χ0v) is 12.1. The van der Waals surface area contributed by atoms with Crippen molar-refractivity contribution in [1.29, 1.82) is 0 Å². The smallest absolute Gasteiger partial charge is 0.124 e. The Bertz CT molecular complexity index is 512. The van der Waals surface area contributed by atoms with Gasteiger partial charge in [0.05, 0.1) is 9.83 Å². The number of nitrogens with two attached hydrogens (primary N) is 1. The molecule has 1 atom stereocenters. The lowest BCUT2D eigenvalue weighted by Gasteiger charge is -2.12. The van der Waals surface area contributed by atoms with E-state index in [1.807, 2.05) is 12.1 Å². The minimum atomic E-state index is -0.268. The van der Waals surface area contributed by atoms with Crippen molar-refractivity contribution in [2.75, 3.05) is 0 Å². The van der Waals surface area contributed by atoms with Crippen molar-refractivity contribution in [3.63, 3.8) is 0 Å². The molecule has 0 aliphatic heterocycles. The molecule has 1 nitrogen and oxygen atoms in total. The molecule has 0 saturated carbocycles. The van der Waals surface area contributed by atoms with E-state index in [2.05, 4.69) is 31.9 Å². The fraction of sp³-hybridized carbons (Fsp3) is 0.0909. The Labute approximate surface area is 114 Å². The Balaban J connectivity index is 2.37. The molecule has 0 radical (unpaired) electrons. The van der Waals surface area contributed by atoms with Crippen LogP contribution in [-0.2, 0) is 0 Å². The Kier molecular flexibility index (Phi) is 3.79. The van der Waals surface area contributed by atoms with E-state index >= 15 is 0 Å². The fourth-order valence-electron chi connectivity index (χ4n) is 1.40. The highest BCUT2D eigenvalue weighted by Gasteiger charge is 2.14. The van der Waals surface area contributed by atoms with Gasteiger partial charge in [-0.3, -0.25) is 0 Å². The number of thiophene rings is 1. The maximum Gasteiger partial charge on any atom is 0.124 e. The van der Waals surface area contributed by atoms with Gasteiger partial charge in [-0.25, -0.2) is 4.39 Å². The van der Waals surface area contributed by atoms with Crippen LogP contribution in [-0.4, -0.2) is 0 Å². The number of hydrogen-bond donors (Lipinski definition) is 1. The Morgan fingerprint density at radius 2 is 1.94 bits per heavy atom. The molecule has 84 valence electrons. The molecule has 0 saturated heterocycles. The summed E-state index contributed by atoms with van der Waals surface area (Å²) in [5, 5.41) is 0. The van der Waals surface area contributed by atoms with Crippen LogP contribution in [0.2, 0.25) is 0 Å². The number of halogens is 3. The van der Waals surface area contributed by atoms with Crippen molar-refractivity contribution in [2.24, 2.45) is 5.73 Å². The van der Waals surface area contributed by atoms with Crippen molar-refractivity contribution in [3.05, 3.63) is 54.8 Å². The predicted octanol–water partition coefficient (Wildman–Crippen LogP) is 4.46. The van der Waals surface area contributed by atoms with Gasteiger partial charge in [0, 0.05) is 9.35 Å². The molecule has 1 aromatic heterocycles. The Morgan fingerprint density at radius 1 is 1.19 bits per heavy atom. The van der Waals surface area contributed by atoms with Crippen LogP contribution in [0.25, 0.3) is 0 Å². The predicted molar refractivity (Wildman–Crippen MR) is 72.1 cm³/mol. The van der Waals surface area contributed by atoms with Gasteiger partial charge in [0.25, 0.3) is 0 Å². The maximum absolute atomic E-state index is 12.9. The van der Waals surface area contributed by atoms with Crippen molar-refractivity contribution >= 4 is 43.2 Å². The van der Waals surface area contributed by atoms with Gasteiger partial charge in [-0.2, -0.15) is 0 Å². The second-order valence-corrected chi connectivity index (χ2v) is 6.63. The van der Waals surface area contributed by atoms with E-state index in [4.69, 9.17) is 5.73 Å². The van der Waals surface area contributed by atoms with E-state index in [0.29, 0.717) is 4.47 Å². The van der Waals surface area contributed by atoms with Gasteiger partial charge in [0.15, 0.2) is 0 Å². The summed E-state index contributed by atoms with van der Waals surface area (Å²) in [5.74, 6) is -0.268. The standard InChI is InChI=1S/C11H8Br2FNS/c12-8-5-6(14)1-2-7(8)11(15)9-3-4-10(13)16-9/h1-5,11H,15H2. The van der Waals surface area contributed by atoms with Gasteiger partial charge in [0.1, 0.15) is 5.82 Å². The van der Waals surface area contributed by atoms with Gasteiger partial charge < -0.3 is 5.73 Å². The quantitative estimate of drug-likeness (QED) is 0.836. The topological polar surface area (TPSA) is 26.0 Å². The molecule has 1 unspecified atom stereocenters. The lowest BCUT2D eigenvalue weighted by atomic mass is 10.1. The van der Waals surface area contributed by atoms with Gasteiger partial charge in [-0.15, -0.1) is 11.3 Å². The second kappa shape index (κ2) is 4.96. The minimum Gasteiger partial charge on any atom is -0.320 e. The first-order chi connectivity index (χ1) is 7.58. The van der Waals surface area contributed by atoms with E-state index in [0.717, 1.165) is 14.2 Å². The van der Waals surface area contributed by atoms with Gasteiger partial charge in [-0.05, 0) is 45.8 Å². The maximum atomic E-state index is 12.9. The first kappa shape index (κ1) is 12.2. The lowest BCUT2D eigenvalue weighted by Crippen LogP contribution is -2.10. The van der Waals surface area contributed by atoms with Crippen LogP contribution in [0.15, 0.2) is 38.6 Å². The van der Waals surface area contributed by atoms with E-state index in [1.165, 1.54) is 12.1 Å². The van der Waals surface area contributed by atoms with Gasteiger partial charge in [-0.1, -0.05) is 22.0 Å². The van der Waals surface area contributed by atoms with Crippen molar-refractivity contribution in [1.82, 2.24) is 0 Å². The Hall–Kier alpha value is -0.230. The van der Waals surface area contributed by atoms with Crippen LogP contribution in [0, 0.1) is 5.82 Å². The monoisotopic (exact) mass is 363 g/mol. The summed E-state index contributed by atoms with van der Waals surface area (Å²) in [4.78, 5) is 1.04. The molecule has 0 fully saturated rings. The molecule has 16 heavy (non-hydrogen) atoms. The largest absolute Gasteiger partial charge is 0.320 e. The van der Waals surface area contributed by atoms with Crippen LogP contribution >= 0.6 is 43.2 Å². The molecule has 1 aromatic carbocycles. The van der Waals surface area contributed by atoms with E-state index < -0.39 is 0 Å². The normalized spacial score (nSPS) is 12.8. The average Bonchev–Trinajstić information content (AvgIpc) is 2.64. The summed E-state index contributed by atoms with van der Waals surface area (Å²) in [6, 6.07) is 8.25. The third-order valence-electron chi connectivity index (χ3n) is 2.20. The minimum absolute atomic E-state index is 0.230. The summed E-state index contributed by atoms with van der Waals surface area (Å²) in [5.41, 5.74) is 7.00. The number of rotatable bonds is 2. The molecule has 0 aliphatic carbocycles. The fourth-order valence-corrected chi connectivity index (χ4v) is 3.44. The van der Waals surface area contributed by atoms with Gasteiger partial charge >= 0.3 is 0 Å². The highest BCUT2D eigenvalue weighted by Crippen LogP contribution is 2.33. The SMILES string of the molecule is NC(c1ccc(Br)s1)c1ccc(F)cc1Br. The molecule has 2 N–H and O–H groups in total. The van der Waals surface area contributed by atoms with E-state index in [-0.39, 0.29) is 11.9 Å². The third kappa shape index (κ3) is 2.53. The molecular weight excluding hydrogens is 357 g/mol. The summed E-state index contributed by atoms with van der Waals surface area (Å²) >= 11 is 8.30. The molecule has 2 aromatic rings. The van der Waals surface area contributed by atoms with Crippen LogP contribution < -0.4 is 5.73 Å². The first-order valence-corrected chi connectivity index (χ1v) is 6.94.